The van der Waals surface area contributed by atoms with E-state index in [-0.39, 0.29) is 17.0 Å². The number of nitrogens with zero attached hydrogens (tertiary/aromatic N) is 1. The van der Waals surface area contributed by atoms with Crippen molar-refractivity contribution in [3.05, 3.63) is 57.1 Å². The van der Waals surface area contributed by atoms with E-state index in [9.17, 15) is 14.9 Å². The minimum Gasteiger partial charge on any atom is -0.490 e. The number of benzene rings is 2. The quantitative estimate of drug-likeness (QED) is 0.458. The molecular weight excluding hydrogens is 352 g/mol. The van der Waals surface area contributed by atoms with Crippen LogP contribution in [0.3, 0.4) is 0 Å². The van der Waals surface area contributed by atoms with Crippen LogP contribution in [0.4, 0.5) is 11.4 Å². The highest BCUT2D eigenvalue weighted by molar-refractivity contribution is 7.99. The molecule has 0 spiro atoms. The maximum absolute atomic E-state index is 12.4. The second-order valence-corrected chi connectivity index (χ2v) is 6.41. The Morgan fingerprint density at radius 2 is 2.08 bits per heavy atom. The minimum atomic E-state index is -0.590. The lowest BCUT2D eigenvalue weighted by Gasteiger charge is -2.11. The van der Waals surface area contributed by atoms with E-state index in [4.69, 9.17) is 16.3 Å². The largest absolute Gasteiger partial charge is 0.490 e. The molecule has 24 heavy (non-hydrogen) atoms. The number of methoxy groups -OCH3 is 1. The van der Waals surface area contributed by atoms with E-state index in [0.29, 0.717) is 10.7 Å². The highest BCUT2D eigenvalue weighted by Gasteiger charge is 2.19. The van der Waals surface area contributed by atoms with Crippen molar-refractivity contribution in [2.45, 2.75) is 11.8 Å². The Hall–Kier alpha value is -2.25. The van der Waals surface area contributed by atoms with Crippen LogP contribution in [-0.4, -0.2) is 23.7 Å². The smallest absolute Gasteiger partial charge is 0.311 e. The summed E-state index contributed by atoms with van der Waals surface area (Å²) in [5.74, 6) is 0.473. The number of hydrogen-bond acceptors (Lipinski definition) is 5. The number of thioether (sulfide) groups is 1. The van der Waals surface area contributed by atoms with Gasteiger partial charge in [0, 0.05) is 21.5 Å². The molecule has 8 heteroatoms. The molecule has 0 aromatic heterocycles. The summed E-state index contributed by atoms with van der Waals surface area (Å²) in [7, 11) is 1.34. The van der Waals surface area contributed by atoms with Gasteiger partial charge in [0.25, 0.3) is 5.91 Å². The molecule has 0 aliphatic rings. The second kappa shape index (κ2) is 8.03. The van der Waals surface area contributed by atoms with Gasteiger partial charge in [-0.1, -0.05) is 18.5 Å². The molecule has 0 heterocycles. The summed E-state index contributed by atoms with van der Waals surface area (Å²) in [6.07, 6.45) is 0. The molecule has 2 rings (SSSR count). The summed E-state index contributed by atoms with van der Waals surface area (Å²) >= 11 is 7.55. The molecular formula is C16H15ClN2O4S. The number of halogens is 1. The fourth-order valence-electron chi connectivity index (χ4n) is 2.05. The molecule has 1 N–H and O–H groups in total. The van der Waals surface area contributed by atoms with E-state index in [0.717, 1.165) is 10.6 Å². The van der Waals surface area contributed by atoms with Gasteiger partial charge in [-0.3, -0.25) is 14.9 Å². The molecule has 126 valence electrons. The molecule has 0 fully saturated rings. The average Bonchev–Trinajstić information content (AvgIpc) is 2.56. The highest BCUT2D eigenvalue weighted by atomic mass is 35.5. The van der Waals surface area contributed by atoms with Crippen molar-refractivity contribution in [1.29, 1.82) is 0 Å². The van der Waals surface area contributed by atoms with Gasteiger partial charge in [0.05, 0.1) is 17.7 Å². The number of nitrogens with one attached hydrogen (secondary N) is 1. The summed E-state index contributed by atoms with van der Waals surface area (Å²) in [5, 5.41) is 14.3. The summed E-state index contributed by atoms with van der Waals surface area (Å²) in [4.78, 5) is 23.8. The molecule has 6 nitrogen and oxygen atoms in total. The molecule has 2 aromatic carbocycles. The third-order valence-electron chi connectivity index (χ3n) is 3.13. The first kappa shape index (κ1) is 18.1. The van der Waals surface area contributed by atoms with Gasteiger partial charge in [-0.25, -0.2) is 0 Å². The number of rotatable bonds is 6. The zero-order valence-corrected chi connectivity index (χ0v) is 14.6. The summed E-state index contributed by atoms with van der Waals surface area (Å²) in [6, 6.07) is 9.27. The number of amides is 1. The van der Waals surface area contributed by atoms with E-state index in [2.05, 4.69) is 5.32 Å². The van der Waals surface area contributed by atoms with Crippen molar-refractivity contribution in [2.75, 3.05) is 18.2 Å². The predicted octanol–water partition coefficient (Wildman–Crippen LogP) is 4.62. The Morgan fingerprint density at radius 1 is 1.33 bits per heavy atom. The van der Waals surface area contributed by atoms with Crippen LogP contribution in [0.25, 0.3) is 0 Å². The summed E-state index contributed by atoms with van der Waals surface area (Å²) < 4.78 is 4.93. The van der Waals surface area contributed by atoms with E-state index in [1.54, 1.807) is 23.9 Å². The molecule has 0 atom stereocenters. The van der Waals surface area contributed by atoms with Crippen molar-refractivity contribution >= 4 is 40.6 Å². The van der Waals surface area contributed by atoms with E-state index < -0.39 is 10.8 Å². The number of carbonyl (C=O) groups excluding carboxylic acids is 1. The molecule has 0 aliphatic heterocycles. The molecule has 0 unspecified atom stereocenters. The third-order valence-corrected chi connectivity index (χ3v) is 4.32. The van der Waals surface area contributed by atoms with Crippen molar-refractivity contribution < 1.29 is 14.5 Å². The zero-order valence-electron chi connectivity index (χ0n) is 13.0. The zero-order chi connectivity index (χ0) is 17.7. The van der Waals surface area contributed by atoms with Gasteiger partial charge in [-0.2, -0.15) is 0 Å². The topological polar surface area (TPSA) is 81.5 Å². The Morgan fingerprint density at radius 3 is 2.71 bits per heavy atom. The Bertz CT molecular complexity index is 783. The lowest BCUT2D eigenvalue weighted by Crippen LogP contribution is -2.13. The van der Waals surface area contributed by atoms with Crippen molar-refractivity contribution in [2.24, 2.45) is 0 Å². The van der Waals surface area contributed by atoms with Gasteiger partial charge >= 0.3 is 5.69 Å². The van der Waals surface area contributed by atoms with Crippen LogP contribution in [0.2, 0.25) is 5.02 Å². The fraction of sp³-hybridized carbons (Fsp3) is 0.188. The molecule has 0 radical (unpaired) electrons. The number of nitro benzene ring substituents is 1. The van der Waals surface area contributed by atoms with Crippen LogP contribution in [0.15, 0.2) is 41.3 Å². The maximum atomic E-state index is 12.4. The number of nitro groups is 1. The van der Waals surface area contributed by atoms with Crippen LogP contribution >= 0.6 is 23.4 Å². The normalized spacial score (nSPS) is 10.3. The molecule has 0 aliphatic carbocycles. The number of ether oxygens (including phenoxy) is 1. The van der Waals surface area contributed by atoms with Crippen LogP contribution < -0.4 is 10.1 Å². The molecule has 2 aromatic rings. The van der Waals surface area contributed by atoms with Crippen molar-refractivity contribution in [3.8, 4) is 5.75 Å². The third kappa shape index (κ3) is 4.18. The molecule has 0 bridgehead atoms. The Balaban J connectivity index is 2.32. The van der Waals surface area contributed by atoms with Gasteiger partial charge in [0.15, 0.2) is 5.75 Å². The number of hydrogen-bond donors (Lipinski definition) is 1. The minimum absolute atomic E-state index is 0.0986. The highest BCUT2D eigenvalue weighted by Crippen LogP contribution is 2.31. The number of carbonyl (C=O) groups is 1. The number of anilines is 1. The van der Waals surface area contributed by atoms with Crippen molar-refractivity contribution in [1.82, 2.24) is 0 Å². The molecule has 0 saturated heterocycles. The van der Waals surface area contributed by atoms with Crippen LogP contribution in [0, 0.1) is 10.1 Å². The van der Waals surface area contributed by atoms with Crippen LogP contribution in [0.1, 0.15) is 17.3 Å². The lowest BCUT2D eigenvalue weighted by molar-refractivity contribution is -0.385. The van der Waals surface area contributed by atoms with Gasteiger partial charge in [-0.05, 0) is 36.1 Å². The Labute approximate surface area is 148 Å². The standard InChI is InChI=1S/C16H15ClN2O4S/c1-3-24-15-7-5-11(17)9-12(15)18-16(20)10-4-6-14(23-2)13(8-10)19(21)22/h4-9H,3H2,1-2H3,(H,18,20). The SMILES string of the molecule is CCSc1ccc(Cl)cc1NC(=O)c1ccc(OC)c([N+](=O)[O-])c1. The first-order valence-electron chi connectivity index (χ1n) is 7.02. The summed E-state index contributed by atoms with van der Waals surface area (Å²) in [5.41, 5.74) is 0.465. The van der Waals surface area contributed by atoms with Gasteiger partial charge in [0.2, 0.25) is 0 Å². The molecule has 0 saturated carbocycles. The Kier molecular flexibility index (Phi) is 6.05. The lowest BCUT2D eigenvalue weighted by atomic mass is 10.1. The first-order chi connectivity index (χ1) is 11.5. The van der Waals surface area contributed by atoms with Gasteiger partial charge < -0.3 is 10.1 Å². The van der Waals surface area contributed by atoms with Gasteiger partial charge in [-0.15, -0.1) is 11.8 Å². The fourth-order valence-corrected chi connectivity index (χ4v) is 2.96. The van der Waals surface area contributed by atoms with Crippen LogP contribution in [0.5, 0.6) is 5.75 Å². The average molecular weight is 367 g/mol. The maximum Gasteiger partial charge on any atom is 0.311 e. The van der Waals surface area contributed by atoms with E-state index in [1.165, 1.54) is 25.3 Å². The van der Waals surface area contributed by atoms with Crippen LogP contribution in [-0.2, 0) is 0 Å². The van der Waals surface area contributed by atoms with Gasteiger partial charge in [0.1, 0.15) is 0 Å². The molecule has 1 amide bonds. The van der Waals surface area contributed by atoms with E-state index >= 15 is 0 Å². The summed E-state index contributed by atoms with van der Waals surface area (Å²) in [6.45, 7) is 2.00. The second-order valence-electron chi connectivity index (χ2n) is 4.67. The predicted molar refractivity (Wildman–Crippen MR) is 95.5 cm³/mol. The van der Waals surface area contributed by atoms with Crippen molar-refractivity contribution in [3.63, 3.8) is 0 Å². The first-order valence-corrected chi connectivity index (χ1v) is 8.38. The monoisotopic (exact) mass is 366 g/mol. The van der Waals surface area contributed by atoms with E-state index in [1.807, 2.05) is 13.0 Å².